The quantitative estimate of drug-likeness (QED) is 0.705. The summed E-state index contributed by atoms with van der Waals surface area (Å²) in [4.78, 5) is 13.6. The van der Waals surface area contributed by atoms with Crippen LogP contribution in [0.3, 0.4) is 0 Å². The smallest absolute Gasteiger partial charge is 0.264 e. The molecule has 7 heteroatoms. The second kappa shape index (κ2) is 7.72. The molecule has 0 unspecified atom stereocenters. The third-order valence-corrected chi connectivity index (χ3v) is 6.61. The number of nitrogens with one attached hydrogen (secondary N) is 1. The Hall–Kier alpha value is -2.64. The molecular weight excluding hydrogens is 368 g/mol. The Morgan fingerprint density at radius 2 is 1.69 bits per heavy atom. The Morgan fingerprint density at radius 3 is 2.38 bits per heavy atom. The second-order valence-corrected chi connectivity index (χ2v) is 8.54. The van der Waals surface area contributed by atoms with Crippen LogP contribution in [0.5, 0.6) is 0 Å². The van der Waals surface area contributed by atoms with Gasteiger partial charge in [-0.3, -0.25) is 9.10 Å². The van der Waals surface area contributed by atoms with E-state index in [1.807, 2.05) is 23.6 Å². The highest BCUT2D eigenvalue weighted by Crippen LogP contribution is 2.24. The molecule has 1 aromatic heterocycles. The number of nitrogens with zero attached hydrogens (tertiary/aromatic N) is 1. The normalized spacial score (nSPS) is 11.1. The fourth-order valence-corrected chi connectivity index (χ4v) is 4.51. The summed E-state index contributed by atoms with van der Waals surface area (Å²) in [6.45, 7) is 0.361. The Labute approximate surface area is 157 Å². The van der Waals surface area contributed by atoms with Crippen LogP contribution in [0.4, 0.5) is 5.69 Å². The lowest BCUT2D eigenvalue weighted by Crippen LogP contribution is -2.30. The predicted molar refractivity (Wildman–Crippen MR) is 104 cm³/mol. The minimum atomic E-state index is -3.86. The maximum absolute atomic E-state index is 13.0. The third-order valence-electron chi connectivity index (χ3n) is 3.89. The molecule has 1 heterocycles. The molecule has 0 saturated heterocycles. The molecule has 26 heavy (non-hydrogen) atoms. The van der Waals surface area contributed by atoms with Crippen molar-refractivity contribution < 1.29 is 13.2 Å². The van der Waals surface area contributed by atoms with E-state index in [0.29, 0.717) is 12.2 Å². The van der Waals surface area contributed by atoms with Gasteiger partial charge >= 0.3 is 0 Å². The van der Waals surface area contributed by atoms with Gasteiger partial charge in [-0.05, 0) is 35.7 Å². The van der Waals surface area contributed by atoms with Gasteiger partial charge in [-0.2, -0.15) is 0 Å². The molecular formula is C19H18N2O3S2. The van der Waals surface area contributed by atoms with Gasteiger partial charge in [0.05, 0.1) is 17.8 Å². The van der Waals surface area contributed by atoms with Crippen molar-refractivity contribution in [2.75, 3.05) is 11.4 Å². The molecule has 134 valence electrons. The first-order valence-electron chi connectivity index (χ1n) is 7.94. The molecule has 0 spiro atoms. The van der Waals surface area contributed by atoms with Crippen LogP contribution in [0.2, 0.25) is 0 Å². The number of anilines is 1. The first kappa shape index (κ1) is 18.2. The standard InChI is InChI=1S/C19H18N2O3S2/c1-21(15-8-3-2-4-9-15)26(23,24)18-12-6-5-11-17(18)19(22)20-14-16-10-7-13-25-16/h2-13H,14H2,1H3,(H,20,22). The Kier molecular flexibility index (Phi) is 5.39. The van der Waals surface area contributed by atoms with Gasteiger partial charge in [0.2, 0.25) is 0 Å². The Bertz CT molecular complexity index is 985. The number of benzene rings is 2. The Balaban J connectivity index is 1.89. The monoisotopic (exact) mass is 386 g/mol. The van der Waals surface area contributed by atoms with Crippen molar-refractivity contribution in [2.45, 2.75) is 11.4 Å². The maximum Gasteiger partial charge on any atom is 0.264 e. The number of carbonyl (C=O) groups excluding carboxylic acids is 1. The molecule has 0 saturated carbocycles. The molecule has 2 aromatic carbocycles. The first-order valence-corrected chi connectivity index (χ1v) is 10.3. The van der Waals surface area contributed by atoms with Gasteiger partial charge in [0.15, 0.2) is 0 Å². The molecule has 0 radical (unpaired) electrons. The van der Waals surface area contributed by atoms with Gasteiger partial charge < -0.3 is 5.32 Å². The van der Waals surface area contributed by atoms with Gasteiger partial charge in [-0.25, -0.2) is 8.42 Å². The van der Waals surface area contributed by atoms with Gasteiger partial charge in [0, 0.05) is 11.9 Å². The average Bonchev–Trinajstić information content (AvgIpc) is 3.20. The molecule has 1 N–H and O–H groups in total. The van der Waals surface area contributed by atoms with E-state index in [1.54, 1.807) is 36.4 Å². The van der Waals surface area contributed by atoms with Crippen LogP contribution in [0.15, 0.2) is 77.0 Å². The van der Waals surface area contributed by atoms with Crippen LogP contribution in [0.1, 0.15) is 15.2 Å². The summed E-state index contributed by atoms with van der Waals surface area (Å²) in [5, 5.41) is 4.71. The van der Waals surface area contributed by atoms with E-state index in [4.69, 9.17) is 0 Å². The highest BCUT2D eigenvalue weighted by atomic mass is 32.2. The van der Waals surface area contributed by atoms with Crippen molar-refractivity contribution in [3.05, 3.63) is 82.6 Å². The molecule has 0 bridgehead atoms. The highest BCUT2D eigenvalue weighted by molar-refractivity contribution is 7.92. The van der Waals surface area contributed by atoms with Crippen molar-refractivity contribution in [2.24, 2.45) is 0 Å². The van der Waals surface area contributed by atoms with Gasteiger partial charge in [-0.1, -0.05) is 36.4 Å². The van der Waals surface area contributed by atoms with Crippen LogP contribution in [0.25, 0.3) is 0 Å². The molecule has 0 aliphatic heterocycles. The van der Waals surface area contributed by atoms with E-state index in [1.165, 1.54) is 34.8 Å². The van der Waals surface area contributed by atoms with Crippen molar-refractivity contribution >= 4 is 33.0 Å². The maximum atomic E-state index is 13.0. The lowest BCUT2D eigenvalue weighted by Gasteiger charge is -2.21. The summed E-state index contributed by atoms with van der Waals surface area (Å²) in [5.41, 5.74) is 0.660. The number of amides is 1. The number of sulfonamides is 1. The van der Waals surface area contributed by atoms with Crippen molar-refractivity contribution in [3.63, 3.8) is 0 Å². The van der Waals surface area contributed by atoms with E-state index in [-0.39, 0.29) is 10.5 Å². The zero-order chi connectivity index (χ0) is 18.6. The SMILES string of the molecule is CN(c1ccccc1)S(=O)(=O)c1ccccc1C(=O)NCc1cccs1. The lowest BCUT2D eigenvalue weighted by atomic mass is 10.2. The van der Waals surface area contributed by atoms with E-state index in [9.17, 15) is 13.2 Å². The largest absolute Gasteiger partial charge is 0.347 e. The van der Waals surface area contributed by atoms with Crippen LogP contribution >= 0.6 is 11.3 Å². The first-order chi connectivity index (χ1) is 12.5. The Morgan fingerprint density at radius 1 is 1.00 bits per heavy atom. The highest BCUT2D eigenvalue weighted by Gasteiger charge is 2.26. The fraction of sp³-hybridized carbons (Fsp3) is 0.105. The topological polar surface area (TPSA) is 66.5 Å². The van der Waals surface area contributed by atoms with Gasteiger partial charge in [-0.15, -0.1) is 11.3 Å². The summed E-state index contributed by atoms with van der Waals surface area (Å²) in [7, 11) is -2.39. The predicted octanol–water partition coefficient (Wildman–Crippen LogP) is 3.50. The zero-order valence-corrected chi connectivity index (χ0v) is 15.8. The number of hydrogen-bond donors (Lipinski definition) is 1. The van der Waals surface area contributed by atoms with Crippen LogP contribution in [-0.2, 0) is 16.6 Å². The molecule has 0 aliphatic carbocycles. The fourth-order valence-electron chi connectivity index (χ4n) is 2.48. The molecule has 5 nitrogen and oxygen atoms in total. The summed E-state index contributed by atoms with van der Waals surface area (Å²) in [6.07, 6.45) is 0. The van der Waals surface area contributed by atoms with Gasteiger partial charge in [0.1, 0.15) is 4.90 Å². The minimum Gasteiger partial charge on any atom is -0.347 e. The lowest BCUT2D eigenvalue weighted by molar-refractivity contribution is 0.0948. The van der Waals surface area contributed by atoms with E-state index in [2.05, 4.69) is 5.32 Å². The van der Waals surface area contributed by atoms with Crippen LogP contribution in [0, 0.1) is 0 Å². The van der Waals surface area contributed by atoms with Crippen LogP contribution in [-0.4, -0.2) is 21.4 Å². The third kappa shape index (κ3) is 3.79. The molecule has 0 atom stereocenters. The number of rotatable bonds is 6. The van der Waals surface area contributed by atoms with E-state index in [0.717, 1.165) is 4.88 Å². The molecule has 3 aromatic rings. The summed E-state index contributed by atoms with van der Waals surface area (Å²) < 4.78 is 27.3. The summed E-state index contributed by atoms with van der Waals surface area (Å²) in [5.74, 6) is -0.418. The van der Waals surface area contributed by atoms with E-state index >= 15 is 0 Å². The molecule has 0 fully saturated rings. The van der Waals surface area contributed by atoms with E-state index < -0.39 is 15.9 Å². The second-order valence-electron chi connectivity index (χ2n) is 5.57. The minimum absolute atomic E-state index is 0.0185. The van der Waals surface area contributed by atoms with Crippen molar-refractivity contribution in [3.8, 4) is 0 Å². The average molecular weight is 386 g/mol. The summed E-state index contributed by atoms with van der Waals surface area (Å²) in [6, 6.07) is 18.8. The number of para-hydroxylation sites is 1. The van der Waals surface area contributed by atoms with Crippen LogP contribution < -0.4 is 9.62 Å². The molecule has 1 amide bonds. The van der Waals surface area contributed by atoms with Crippen molar-refractivity contribution in [1.29, 1.82) is 0 Å². The molecule has 0 aliphatic rings. The zero-order valence-electron chi connectivity index (χ0n) is 14.1. The van der Waals surface area contributed by atoms with Crippen molar-refractivity contribution in [1.82, 2.24) is 5.32 Å². The number of hydrogen-bond acceptors (Lipinski definition) is 4. The number of thiophene rings is 1. The summed E-state index contributed by atoms with van der Waals surface area (Å²) >= 11 is 1.53. The molecule has 3 rings (SSSR count). The van der Waals surface area contributed by atoms with Gasteiger partial charge in [0.25, 0.3) is 15.9 Å². The number of carbonyl (C=O) groups is 1.